The molecule has 12 rings (SSSR count). The Labute approximate surface area is 359 Å². The molecule has 0 aliphatic heterocycles. The first-order valence-corrected chi connectivity index (χ1v) is 21.9. The highest BCUT2D eigenvalue weighted by molar-refractivity contribution is 7.25. The second kappa shape index (κ2) is 14.7. The Morgan fingerprint density at radius 1 is 0.410 bits per heavy atom. The third-order valence-corrected chi connectivity index (χ3v) is 13.7. The van der Waals surface area contributed by atoms with Crippen LogP contribution in [0.1, 0.15) is 18.4 Å². The Morgan fingerprint density at radius 2 is 1.10 bits per heavy atom. The SMILES string of the molecule is C1=C(c2ccccc2)CCC(N(c2ccc(-c3cccc4ccccc34)cc2)c2cccc(-c3cccc4c3c3ccccc3n4-c3ccc4sc5ccccc5c4c3)c2)=C1. The summed E-state index contributed by atoms with van der Waals surface area (Å²) >= 11 is 1.87. The van der Waals surface area contributed by atoms with Crippen LogP contribution in [0.25, 0.3) is 86.3 Å². The van der Waals surface area contributed by atoms with Gasteiger partial charge < -0.3 is 9.47 Å². The summed E-state index contributed by atoms with van der Waals surface area (Å²) in [7, 11) is 0. The molecule has 0 bridgehead atoms. The molecule has 2 nitrogen and oxygen atoms in total. The summed E-state index contributed by atoms with van der Waals surface area (Å²) in [6.07, 6.45) is 6.56. The van der Waals surface area contributed by atoms with Crippen LogP contribution in [0.15, 0.2) is 224 Å². The summed E-state index contributed by atoms with van der Waals surface area (Å²) in [5.74, 6) is 0. The summed E-state index contributed by atoms with van der Waals surface area (Å²) in [6, 6.07) is 75.8. The van der Waals surface area contributed by atoms with Gasteiger partial charge in [0, 0.05) is 53.7 Å². The molecule has 2 heterocycles. The van der Waals surface area contributed by atoms with E-state index in [1.54, 1.807) is 0 Å². The first kappa shape index (κ1) is 35.5. The van der Waals surface area contributed by atoms with E-state index in [1.165, 1.54) is 97.5 Å². The highest BCUT2D eigenvalue weighted by Crippen LogP contribution is 2.43. The number of hydrogen-bond acceptors (Lipinski definition) is 2. The zero-order valence-corrected chi connectivity index (χ0v) is 34.3. The van der Waals surface area contributed by atoms with Crippen LogP contribution in [0.3, 0.4) is 0 Å². The van der Waals surface area contributed by atoms with Crippen molar-refractivity contribution in [2.24, 2.45) is 0 Å². The molecular formula is C58H40N2S. The van der Waals surface area contributed by atoms with Gasteiger partial charge >= 0.3 is 0 Å². The predicted octanol–water partition coefficient (Wildman–Crippen LogP) is 16.5. The van der Waals surface area contributed by atoms with Crippen molar-refractivity contribution in [3.8, 4) is 27.9 Å². The summed E-state index contributed by atoms with van der Waals surface area (Å²) < 4.78 is 5.10. The average molecular weight is 797 g/mol. The summed E-state index contributed by atoms with van der Waals surface area (Å²) in [5.41, 5.74) is 14.7. The molecule has 0 unspecified atom stereocenters. The standard InChI is InChI=1S/C58H40N2S/c1-2-13-39(14-3-1)40-27-31-44(32-28-40)59(45-33-29-42(30-34-45)49-22-11-16-41-15-4-5-19-48(41)49)46-18-10-17-43(37-46)50-23-12-25-55-58(50)52-21-6-8-24-54(52)60(55)47-35-36-57-53(38-47)51-20-7-9-26-56(51)61-57/h1-27,29-31,33-38H,28,32H2. The molecule has 61 heavy (non-hydrogen) atoms. The smallest absolute Gasteiger partial charge is 0.0547 e. The van der Waals surface area contributed by atoms with E-state index in [1.807, 2.05) is 11.3 Å². The molecule has 9 aromatic carbocycles. The first-order chi connectivity index (χ1) is 30.2. The van der Waals surface area contributed by atoms with Crippen molar-refractivity contribution in [3.05, 3.63) is 230 Å². The fraction of sp³-hybridized carbons (Fsp3) is 0.0345. The monoisotopic (exact) mass is 796 g/mol. The van der Waals surface area contributed by atoms with Crippen molar-refractivity contribution in [1.82, 2.24) is 4.57 Å². The van der Waals surface area contributed by atoms with Crippen LogP contribution in [0.2, 0.25) is 0 Å². The number of aromatic nitrogens is 1. The molecular weight excluding hydrogens is 757 g/mol. The molecule has 0 N–H and O–H groups in total. The highest BCUT2D eigenvalue weighted by atomic mass is 32.1. The lowest BCUT2D eigenvalue weighted by molar-refractivity contribution is 0.930. The minimum absolute atomic E-state index is 0.933. The van der Waals surface area contributed by atoms with Crippen LogP contribution in [0.4, 0.5) is 11.4 Å². The normalized spacial score (nSPS) is 13.0. The fourth-order valence-corrected chi connectivity index (χ4v) is 10.7. The number of hydrogen-bond donors (Lipinski definition) is 0. The third kappa shape index (κ3) is 6.08. The molecule has 0 saturated carbocycles. The highest BCUT2D eigenvalue weighted by Gasteiger charge is 2.21. The van der Waals surface area contributed by atoms with E-state index in [2.05, 4.69) is 228 Å². The van der Waals surface area contributed by atoms with Crippen LogP contribution in [-0.4, -0.2) is 4.57 Å². The van der Waals surface area contributed by atoms with Crippen molar-refractivity contribution in [2.45, 2.75) is 12.8 Å². The number of nitrogens with zero attached hydrogens (tertiary/aromatic N) is 2. The maximum atomic E-state index is 2.47. The molecule has 0 fully saturated rings. The maximum absolute atomic E-state index is 2.47. The van der Waals surface area contributed by atoms with Crippen molar-refractivity contribution in [2.75, 3.05) is 4.90 Å². The minimum atomic E-state index is 0.933. The second-order valence-electron chi connectivity index (χ2n) is 16.0. The predicted molar refractivity (Wildman–Crippen MR) is 262 cm³/mol. The molecule has 0 amide bonds. The van der Waals surface area contributed by atoms with Gasteiger partial charge in [-0.2, -0.15) is 0 Å². The van der Waals surface area contributed by atoms with E-state index in [-0.39, 0.29) is 0 Å². The van der Waals surface area contributed by atoms with Gasteiger partial charge in [0.25, 0.3) is 0 Å². The first-order valence-electron chi connectivity index (χ1n) is 21.1. The molecule has 11 aromatic rings. The lowest BCUT2D eigenvalue weighted by atomic mass is 9.94. The quantitative estimate of drug-likeness (QED) is 0.156. The van der Waals surface area contributed by atoms with Gasteiger partial charge in [-0.1, -0.05) is 152 Å². The lowest BCUT2D eigenvalue weighted by Crippen LogP contribution is -2.18. The number of fused-ring (bicyclic) bond motifs is 7. The molecule has 0 spiro atoms. The number of allylic oxidation sites excluding steroid dienone is 4. The van der Waals surface area contributed by atoms with E-state index < -0.39 is 0 Å². The minimum Gasteiger partial charge on any atom is -0.314 e. The molecule has 1 aliphatic rings. The second-order valence-corrected chi connectivity index (χ2v) is 17.1. The number of benzene rings is 9. The van der Waals surface area contributed by atoms with Gasteiger partial charge in [-0.25, -0.2) is 0 Å². The van der Waals surface area contributed by atoms with Crippen molar-refractivity contribution < 1.29 is 0 Å². The van der Waals surface area contributed by atoms with Crippen LogP contribution in [0.5, 0.6) is 0 Å². The molecule has 1 aliphatic carbocycles. The van der Waals surface area contributed by atoms with Gasteiger partial charge in [0.15, 0.2) is 0 Å². The molecule has 2 aromatic heterocycles. The third-order valence-electron chi connectivity index (χ3n) is 12.5. The van der Waals surface area contributed by atoms with Gasteiger partial charge in [0.1, 0.15) is 0 Å². The zero-order chi connectivity index (χ0) is 40.3. The van der Waals surface area contributed by atoms with E-state index >= 15 is 0 Å². The van der Waals surface area contributed by atoms with Crippen molar-refractivity contribution in [3.63, 3.8) is 0 Å². The Hall–Kier alpha value is -7.46. The Morgan fingerprint density at radius 3 is 1.97 bits per heavy atom. The Bertz CT molecular complexity index is 3520. The lowest BCUT2D eigenvalue weighted by Gasteiger charge is -2.30. The van der Waals surface area contributed by atoms with E-state index in [0.29, 0.717) is 0 Å². The largest absolute Gasteiger partial charge is 0.314 e. The maximum Gasteiger partial charge on any atom is 0.0547 e. The van der Waals surface area contributed by atoms with Crippen LogP contribution < -0.4 is 4.90 Å². The molecule has 3 heteroatoms. The molecule has 0 radical (unpaired) electrons. The number of para-hydroxylation sites is 1. The van der Waals surface area contributed by atoms with Gasteiger partial charge in [-0.05, 0) is 124 Å². The van der Waals surface area contributed by atoms with E-state index in [0.717, 1.165) is 24.2 Å². The van der Waals surface area contributed by atoms with Gasteiger partial charge in [-0.15, -0.1) is 11.3 Å². The van der Waals surface area contributed by atoms with Crippen molar-refractivity contribution >= 4 is 81.0 Å². The van der Waals surface area contributed by atoms with E-state index in [4.69, 9.17) is 0 Å². The zero-order valence-electron chi connectivity index (χ0n) is 33.5. The van der Waals surface area contributed by atoms with Gasteiger partial charge in [0.2, 0.25) is 0 Å². The van der Waals surface area contributed by atoms with Crippen molar-refractivity contribution in [1.29, 1.82) is 0 Å². The topological polar surface area (TPSA) is 8.17 Å². The van der Waals surface area contributed by atoms with Crippen LogP contribution in [0, 0.1) is 0 Å². The molecule has 288 valence electrons. The number of thiophene rings is 1. The van der Waals surface area contributed by atoms with Gasteiger partial charge in [-0.3, -0.25) is 0 Å². The number of rotatable bonds is 7. The fourth-order valence-electron chi connectivity index (χ4n) is 9.66. The summed E-state index contributed by atoms with van der Waals surface area (Å²) in [6.45, 7) is 0. The summed E-state index contributed by atoms with van der Waals surface area (Å²) in [4.78, 5) is 2.47. The van der Waals surface area contributed by atoms with Gasteiger partial charge in [0.05, 0.1) is 11.0 Å². The van der Waals surface area contributed by atoms with Crippen LogP contribution >= 0.6 is 11.3 Å². The van der Waals surface area contributed by atoms with E-state index in [9.17, 15) is 0 Å². The number of anilines is 2. The summed E-state index contributed by atoms with van der Waals surface area (Å²) in [5, 5.41) is 7.67. The van der Waals surface area contributed by atoms with Crippen LogP contribution in [-0.2, 0) is 0 Å². The molecule has 0 saturated heterocycles. The Balaban J connectivity index is 0.997. The Kier molecular flexibility index (Phi) is 8.53. The molecule has 0 atom stereocenters. The average Bonchev–Trinajstić information content (AvgIpc) is 3.88.